The van der Waals surface area contributed by atoms with Gasteiger partial charge in [0.15, 0.2) is 12.4 Å². The van der Waals surface area contributed by atoms with E-state index in [1.807, 2.05) is 0 Å². The molecule has 0 bridgehead atoms. The van der Waals surface area contributed by atoms with Crippen molar-refractivity contribution in [3.63, 3.8) is 0 Å². The number of methoxy groups -OCH3 is 2. The predicted molar refractivity (Wildman–Crippen MR) is 153 cm³/mol. The van der Waals surface area contributed by atoms with E-state index in [4.69, 9.17) is 9.84 Å². The van der Waals surface area contributed by atoms with Crippen molar-refractivity contribution in [1.82, 2.24) is 15.1 Å². The van der Waals surface area contributed by atoms with Crippen LogP contribution in [-0.4, -0.2) is 93.3 Å². The van der Waals surface area contributed by atoms with E-state index in [0.29, 0.717) is 11.8 Å². The van der Waals surface area contributed by atoms with Crippen LogP contribution in [0.1, 0.15) is 28.3 Å². The van der Waals surface area contributed by atoms with E-state index in [2.05, 4.69) is 10.1 Å². The van der Waals surface area contributed by atoms with Crippen LogP contribution in [0.2, 0.25) is 0 Å². The monoisotopic (exact) mass is 683 g/mol. The number of likely N-dealkylation sites (N-methyl/N-ethyl adjacent to an activating group) is 1. The summed E-state index contributed by atoms with van der Waals surface area (Å²) < 4.78 is 108. The zero-order valence-corrected chi connectivity index (χ0v) is 25.5. The number of nitrogens with zero attached hydrogens (tertiary/aromatic N) is 2. The Bertz CT molecular complexity index is 1360. The molecule has 47 heavy (non-hydrogen) atoms. The number of carbonyl (C=O) groups excluding carboxylic acids is 3. The average Bonchev–Trinajstić information content (AvgIpc) is 3.37. The van der Waals surface area contributed by atoms with Crippen molar-refractivity contribution in [3.05, 3.63) is 89.0 Å². The number of ether oxygens (including phenoxy) is 2. The second-order valence-corrected chi connectivity index (χ2v) is 9.53. The number of alkyl halides is 5. The Kier molecular flexibility index (Phi) is 16.6. The zero-order chi connectivity index (χ0) is 35.9. The van der Waals surface area contributed by atoms with E-state index in [1.54, 1.807) is 0 Å². The summed E-state index contributed by atoms with van der Waals surface area (Å²) in [4.78, 5) is 37.0. The molecule has 1 saturated heterocycles. The fraction of sp³-hybridized carbons (Fsp3) is 0.367. The number of benzene rings is 2. The van der Waals surface area contributed by atoms with Gasteiger partial charge in [0, 0.05) is 63.3 Å². The number of halogens is 8. The van der Waals surface area contributed by atoms with Crippen LogP contribution in [0, 0.1) is 17.5 Å². The van der Waals surface area contributed by atoms with Crippen molar-refractivity contribution in [2.75, 3.05) is 41.4 Å². The first-order valence-electron chi connectivity index (χ1n) is 13.4. The van der Waals surface area contributed by atoms with Crippen molar-refractivity contribution >= 4 is 18.1 Å². The van der Waals surface area contributed by atoms with E-state index in [0.717, 1.165) is 24.1 Å². The van der Waals surface area contributed by atoms with Crippen LogP contribution < -0.4 is 10.1 Å². The van der Waals surface area contributed by atoms with Gasteiger partial charge >= 0.3 is 12.8 Å². The fourth-order valence-electron chi connectivity index (χ4n) is 4.08. The van der Waals surface area contributed by atoms with E-state index in [-0.39, 0.29) is 41.7 Å². The summed E-state index contributed by atoms with van der Waals surface area (Å²) >= 11 is 0. The molecule has 3 rings (SSSR count). The highest BCUT2D eigenvalue weighted by Gasteiger charge is 2.40. The van der Waals surface area contributed by atoms with Gasteiger partial charge in [-0.05, 0) is 42.6 Å². The van der Waals surface area contributed by atoms with Crippen LogP contribution >= 0.6 is 0 Å². The van der Waals surface area contributed by atoms with E-state index >= 15 is 0 Å². The van der Waals surface area contributed by atoms with Crippen LogP contribution in [0.25, 0.3) is 0 Å². The maximum absolute atomic E-state index is 14.4. The first kappa shape index (κ1) is 40.5. The lowest BCUT2D eigenvalue weighted by atomic mass is 9.97. The SMILES string of the molecule is CNC(=O)c1ccc(F)cc1.COc1cc(F)c(C2CC(=O)N(/C(C=O)=C/C=C\N(C)CC(OC)C(F)(F)F)C2)c(F)c1.OC(F)F. The summed E-state index contributed by atoms with van der Waals surface area (Å²) in [5.74, 6) is -3.61. The van der Waals surface area contributed by atoms with Crippen molar-refractivity contribution in [2.24, 2.45) is 0 Å². The van der Waals surface area contributed by atoms with Gasteiger partial charge in [0.05, 0.1) is 19.4 Å². The van der Waals surface area contributed by atoms with Gasteiger partial charge in [0.2, 0.25) is 5.91 Å². The van der Waals surface area contributed by atoms with Gasteiger partial charge < -0.3 is 29.7 Å². The third-order valence-corrected chi connectivity index (χ3v) is 6.30. The van der Waals surface area contributed by atoms with Crippen LogP contribution in [0.5, 0.6) is 5.75 Å². The number of aliphatic hydroxyl groups is 1. The Labute approximate surface area is 265 Å². The summed E-state index contributed by atoms with van der Waals surface area (Å²) in [5, 5.41) is 9.16. The van der Waals surface area contributed by atoms with Crippen LogP contribution in [-0.2, 0) is 14.3 Å². The number of likely N-dealkylation sites (tertiary alicyclic amines) is 1. The molecule has 2 unspecified atom stereocenters. The van der Waals surface area contributed by atoms with E-state index < -0.39 is 48.9 Å². The molecule has 2 aromatic carbocycles. The molecule has 2 atom stereocenters. The van der Waals surface area contributed by atoms with Gasteiger partial charge in [0.25, 0.3) is 5.91 Å². The van der Waals surface area contributed by atoms with E-state index in [1.165, 1.54) is 68.7 Å². The molecule has 260 valence electrons. The second kappa shape index (κ2) is 19.2. The number of amides is 2. The highest BCUT2D eigenvalue weighted by Crippen LogP contribution is 2.35. The Balaban J connectivity index is 0.000000605. The molecule has 2 N–H and O–H groups in total. The number of hydrogen-bond acceptors (Lipinski definition) is 7. The molecule has 2 amide bonds. The predicted octanol–water partition coefficient (Wildman–Crippen LogP) is 4.78. The van der Waals surface area contributed by atoms with E-state index in [9.17, 15) is 49.5 Å². The molecule has 1 aliphatic heterocycles. The molecular formula is C30H33F8N3O6. The van der Waals surface area contributed by atoms with Crippen molar-refractivity contribution in [1.29, 1.82) is 0 Å². The largest absolute Gasteiger partial charge is 0.497 e. The normalized spacial score (nSPS) is 15.4. The Morgan fingerprint density at radius 3 is 2.13 bits per heavy atom. The molecule has 1 aliphatic rings. The third kappa shape index (κ3) is 13.4. The summed E-state index contributed by atoms with van der Waals surface area (Å²) in [6.45, 7) is -3.78. The van der Waals surface area contributed by atoms with Gasteiger partial charge in [-0.3, -0.25) is 14.4 Å². The summed E-state index contributed by atoms with van der Waals surface area (Å²) in [5.41, 5.74) is 0.101. The molecule has 1 fully saturated rings. The Morgan fingerprint density at radius 2 is 1.68 bits per heavy atom. The zero-order valence-electron chi connectivity index (χ0n) is 25.5. The standard InChI is InChI=1S/C21H23F5N2O4.C8H8FNO.CH2F2O/c1-27(11-18(32-3)21(24,25)26)6-4-5-14(12-29)28-10-13(7-19(28)30)20-16(22)8-15(31-2)9-17(20)23;1-10-8(11)6-2-4-7(9)5-3-6;2-1(3)4/h4-6,8-9,12-13,18H,7,10-11H2,1-3H3;2-5H,1H3,(H,10,11);1,4H/b6-4-,14-5+;;. The van der Waals surface area contributed by atoms with Gasteiger partial charge in [-0.15, -0.1) is 0 Å². The fourth-order valence-corrected chi connectivity index (χ4v) is 4.08. The minimum atomic E-state index is -4.54. The molecule has 0 aromatic heterocycles. The van der Waals surface area contributed by atoms with Crippen LogP contribution in [0.15, 0.2) is 60.4 Å². The molecule has 17 heteroatoms. The van der Waals surface area contributed by atoms with Gasteiger partial charge in [-0.2, -0.15) is 22.0 Å². The van der Waals surface area contributed by atoms with Crippen LogP contribution in [0.3, 0.4) is 0 Å². The number of aliphatic hydroxyl groups excluding tert-OH is 1. The molecular weight excluding hydrogens is 650 g/mol. The smallest absolute Gasteiger partial charge is 0.416 e. The lowest BCUT2D eigenvalue weighted by molar-refractivity contribution is -0.214. The molecule has 0 radical (unpaired) electrons. The van der Waals surface area contributed by atoms with Crippen LogP contribution in [0.4, 0.5) is 35.1 Å². The third-order valence-electron chi connectivity index (χ3n) is 6.30. The second-order valence-electron chi connectivity index (χ2n) is 9.53. The molecule has 0 aliphatic carbocycles. The summed E-state index contributed by atoms with van der Waals surface area (Å²) in [6, 6.07) is 7.40. The van der Waals surface area contributed by atoms with Crippen molar-refractivity contribution in [2.45, 2.75) is 31.2 Å². The number of rotatable bonds is 10. The highest BCUT2D eigenvalue weighted by atomic mass is 19.4. The maximum Gasteiger partial charge on any atom is 0.416 e. The quantitative estimate of drug-likeness (QED) is 0.161. The number of nitrogens with one attached hydrogen (secondary N) is 1. The molecule has 2 aromatic rings. The maximum atomic E-state index is 14.4. The van der Waals surface area contributed by atoms with Gasteiger partial charge in [0.1, 0.15) is 23.2 Å². The number of hydrogen-bond donors (Lipinski definition) is 2. The van der Waals surface area contributed by atoms with Crippen molar-refractivity contribution < 1.29 is 64.1 Å². The topological polar surface area (TPSA) is 108 Å². The number of allylic oxidation sites excluding steroid dienone is 3. The molecule has 0 saturated carbocycles. The van der Waals surface area contributed by atoms with Crippen molar-refractivity contribution in [3.8, 4) is 5.75 Å². The lowest BCUT2D eigenvalue weighted by Crippen LogP contribution is -2.39. The molecule has 1 heterocycles. The minimum Gasteiger partial charge on any atom is -0.497 e. The van der Waals surface area contributed by atoms with Gasteiger partial charge in [-0.1, -0.05) is 0 Å². The number of aldehydes is 1. The summed E-state index contributed by atoms with van der Waals surface area (Å²) in [6.07, 6.45) is -2.55. The Morgan fingerprint density at radius 1 is 1.13 bits per heavy atom. The minimum absolute atomic E-state index is 0.00565. The van der Waals surface area contributed by atoms with Gasteiger partial charge in [-0.25, -0.2) is 13.2 Å². The first-order chi connectivity index (χ1) is 22.0. The average molecular weight is 684 g/mol. The summed E-state index contributed by atoms with van der Waals surface area (Å²) in [7, 11) is 5.13. The Hall–Kier alpha value is -4.51. The first-order valence-corrected chi connectivity index (χ1v) is 13.4. The molecule has 9 nitrogen and oxygen atoms in total. The lowest BCUT2D eigenvalue weighted by Gasteiger charge is -2.23. The highest BCUT2D eigenvalue weighted by molar-refractivity contribution is 5.93. The molecule has 0 spiro atoms. The number of carbonyl (C=O) groups is 3.